The number of nitrogens with zero attached hydrogens (tertiary/aromatic N) is 2. The molecule has 0 spiro atoms. The van der Waals surface area contributed by atoms with Crippen molar-refractivity contribution < 1.29 is 19.1 Å². The average molecular weight is 396 g/mol. The van der Waals surface area contributed by atoms with E-state index >= 15 is 0 Å². The monoisotopic (exact) mass is 396 g/mol. The summed E-state index contributed by atoms with van der Waals surface area (Å²) in [6, 6.07) is 10.3. The molecule has 1 aromatic heterocycles. The van der Waals surface area contributed by atoms with Crippen LogP contribution in [0.25, 0.3) is 0 Å². The molecule has 29 heavy (non-hydrogen) atoms. The molecule has 1 fully saturated rings. The number of aromatic nitrogens is 1. The van der Waals surface area contributed by atoms with Crippen molar-refractivity contribution in [2.45, 2.75) is 12.8 Å². The molecular weight excluding hydrogens is 372 g/mol. The summed E-state index contributed by atoms with van der Waals surface area (Å²) in [5, 5.41) is 5.24. The summed E-state index contributed by atoms with van der Waals surface area (Å²) in [6.07, 6.45) is 4.74. The molecule has 2 aromatic rings. The van der Waals surface area contributed by atoms with E-state index in [1.54, 1.807) is 48.8 Å². The van der Waals surface area contributed by atoms with E-state index in [1.165, 1.54) is 7.11 Å². The minimum absolute atomic E-state index is 0.00827. The van der Waals surface area contributed by atoms with Crippen LogP contribution in [-0.4, -0.2) is 54.3 Å². The molecule has 8 heteroatoms. The summed E-state index contributed by atoms with van der Waals surface area (Å²) in [7, 11) is 1.50. The molecule has 0 atom stereocenters. The summed E-state index contributed by atoms with van der Waals surface area (Å²) >= 11 is 0. The Balaban J connectivity index is 1.43. The number of hydrogen-bond acceptors (Lipinski definition) is 5. The van der Waals surface area contributed by atoms with Crippen molar-refractivity contribution in [1.82, 2.24) is 15.2 Å². The largest absolute Gasteiger partial charge is 0.495 e. The van der Waals surface area contributed by atoms with Crippen LogP contribution in [0.3, 0.4) is 0 Å². The molecule has 0 aliphatic carbocycles. The zero-order chi connectivity index (χ0) is 20.6. The Morgan fingerprint density at radius 3 is 2.45 bits per heavy atom. The summed E-state index contributed by atoms with van der Waals surface area (Å²) in [5.41, 5.74) is 1.07. The van der Waals surface area contributed by atoms with Crippen LogP contribution in [-0.2, 0) is 9.59 Å². The van der Waals surface area contributed by atoms with Gasteiger partial charge in [0.05, 0.1) is 12.8 Å². The van der Waals surface area contributed by atoms with Gasteiger partial charge in [-0.2, -0.15) is 0 Å². The molecule has 3 amide bonds. The third-order valence-electron chi connectivity index (χ3n) is 4.94. The standard InChI is InChI=1S/C21H24N4O4/c1-29-18-5-3-2-4-17(18)24-20(27)19(26)23-14-15-8-12-25(13-9-15)21(28)16-6-10-22-11-7-16/h2-7,10-11,15H,8-9,12-14H2,1H3,(H,23,26)(H,24,27). The predicted octanol–water partition coefficient (Wildman–Crippen LogP) is 1.70. The number of methoxy groups -OCH3 is 1. The number of likely N-dealkylation sites (tertiary alicyclic amines) is 1. The third kappa shape index (κ3) is 5.31. The Bertz CT molecular complexity index is 864. The van der Waals surface area contributed by atoms with Gasteiger partial charge in [0, 0.05) is 37.6 Å². The van der Waals surface area contributed by atoms with Crippen molar-refractivity contribution in [2.75, 3.05) is 32.1 Å². The van der Waals surface area contributed by atoms with Gasteiger partial charge < -0.3 is 20.3 Å². The van der Waals surface area contributed by atoms with E-state index in [4.69, 9.17) is 4.74 Å². The molecule has 1 aliphatic heterocycles. The number of amides is 3. The van der Waals surface area contributed by atoms with E-state index in [1.807, 2.05) is 4.90 Å². The summed E-state index contributed by atoms with van der Waals surface area (Å²) in [4.78, 5) is 42.4. The lowest BCUT2D eigenvalue weighted by Crippen LogP contribution is -2.43. The second kappa shape index (κ2) is 9.68. The molecular formula is C21H24N4O4. The lowest BCUT2D eigenvalue weighted by Gasteiger charge is -2.32. The van der Waals surface area contributed by atoms with Crippen molar-refractivity contribution in [3.63, 3.8) is 0 Å². The minimum atomic E-state index is -0.736. The quantitative estimate of drug-likeness (QED) is 0.749. The molecule has 0 radical (unpaired) electrons. The third-order valence-corrected chi connectivity index (χ3v) is 4.94. The van der Waals surface area contributed by atoms with Crippen LogP contribution in [0.4, 0.5) is 5.69 Å². The number of ether oxygens (including phenoxy) is 1. The van der Waals surface area contributed by atoms with Crippen LogP contribution < -0.4 is 15.4 Å². The highest BCUT2D eigenvalue weighted by Crippen LogP contribution is 2.23. The number of rotatable bonds is 5. The number of carbonyl (C=O) groups excluding carboxylic acids is 3. The summed E-state index contributed by atoms with van der Waals surface area (Å²) < 4.78 is 5.16. The van der Waals surface area contributed by atoms with Crippen molar-refractivity contribution >= 4 is 23.4 Å². The highest BCUT2D eigenvalue weighted by molar-refractivity contribution is 6.39. The van der Waals surface area contributed by atoms with Gasteiger partial charge in [-0.3, -0.25) is 19.4 Å². The number of anilines is 1. The van der Waals surface area contributed by atoms with Crippen LogP contribution >= 0.6 is 0 Å². The SMILES string of the molecule is COc1ccccc1NC(=O)C(=O)NCC1CCN(C(=O)c2ccncc2)CC1. The van der Waals surface area contributed by atoms with Crippen molar-refractivity contribution in [1.29, 1.82) is 0 Å². The van der Waals surface area contributed by atoms with E-state index < -0.39 is 11.8 Å². The van der Waals surface area contributed by atoms with Crippen molar-refractivity contribution in [3.8, 4) is 5.75 Å². The molecule has 3 rings (SSSR count). The number of carbonyl (C=O) groups is 3. The molecule has 0 saturated carbocycles. The average Bonchev–Trinajstić information content (AvgIpc) is 2.78. The van der Waals surface area contributed by atoms with E-state index in [9.17, 15) is 14.4 Å². The first-order valence-electron chi connectivity index (χ1n) is 9.50. The number of nitrogens with one attached hydrogen (secondary N) is 2. The van der Waals surface area contributed by atoms with Crippen LogP contribution in [0.5, 0.6) is 5.75 Å². The predicted molar refractivity (Wildman–Crippen MR) is 107 cm³/mol. The van der Waals surface area contributed by atoms with Gasteiger partial charge >= 0.3 is 11.8 Å². The second-order valence-corrected chi connectivity index (χ2v) is 6.84. The topological polar surface area (TPSA) is 101 Å². The molecule has 1 aliphatic rings. The number of para-hydroxylation sites is 2. The summed E-state index contributed by atoms with van der Waals surface area (Å²) in [5.74, 6) is -0.726. The van der Waals surface area contributed by atoms with Gasteiger partial charge in [-0.15, -0.1) is 0 Å². The van der Waals surface area contributed by atoms with E-state index in [2.05, 4.69) is 15.6 Å². The zero-order valence-electron chi connectivity index (χ0n) is 16.3. The van der Waals surface area contributed by atoms with Gasteiger partial charge in [0.25, 0.3) is 5.91 Å². The summed E-state index contributed by atoms with van der Waals surface area (Å²) in [6.45, 7) is 1.64. The molecule has 0 bridgehead atoms. The van der Waals surface area contributed by atoms with Crippen molar-refractivity contribution in [2.24, 2.45) is 5.92 Å². The smallest absolute Gasteiger partial charge is 0.313 e. The van der Waals surface area contributed by atoms with Gasteiger partial charge in [-0.05, 0) is 43.0 Å². The normalized spacial score (nSPS) is 14.2. The molecule has 2 N–H and O–H groups in total. The lowest BCUT2D eigenvalue weighted by molar-refractivity contribution is -0.136. The first kappa shape index (κ1) is 20.3. The molecule has 152 valence electrons. The zero-order valence-corrected chi connectivity index (χ0v) is 16.3. The van der Waals surface area contributed by atoms with E-state index in [0.717, 1.165) is 12.8 Å². The van der Waals surface area contributed by atoms with Gasteiger partial charge in [-0.25, -0.2) is 0 Å². The highest BCUT2D eigenvalue weighted by Gasteiger charge is 2.25. The number of hydrogen-bond donors (Lipinski definition) is 2. The maximum absolute atomic E-state index is 12.5. The van der Waals surface area contributed by atoms with Crippen molar-refractivity contribution in [3.05, 3.63) is 54.4 Å². The minimum Gasteiger partial charge on any atom is -0.495 e. The molecule has 2 heterocycles. The number of piperidine rings is 1. The maximum Gasteiger partial charge on any atom is 0.313 e. The van der Waals surface area contributed by atoms with Crippen LogP contribution in [0.1, 0.15) is 23.2 Å². The molecule has 8 nitrogen and oxygen atoms in total. The van der Waals surface area contributed by atoms with Gasteiger partial charge in [0.2, 0.25) is 0 Å². The van der Waals surface area contributed by atoms with Gasteiger partial charge in [-0.1, -0.05) is 12.1 Å². The number of pyridine rings is 1. The van der Waals surface area contributed by atoms with Gasteiger partial charge in [0.1, 0.15) is 5.75 Å². The van der Waals surface area contributed by atoms with Crippen LogP contribution in [0, 0.1) is 5.92 Å². The van der Waals surface area contributed by atoms with E-state index in [-0.39, 0.29) is 11.8 Å². The second-order valence-electron chi connectivity index (χ2n) is 6.84. The fourth-order valence-electron chi connectivity index (χ4n) is 3.26. The molecule has 1 aromatic carbocycles. The van der Waals surface area contributed by atoms with Crippen LogP contribution in [0.15, 0.2) is 48.8 Å². The van der Waals surface area contributed by atoms with E-state index in [0.29, 0.717) is 36.6 Å². The highest BCUT2D eigenvalue weighted by atomic mass is 16.5. The molecule has 0 unspecified atom stereocenters. The lowest BCUT2D eigenvalue weighted by atomic mass is 9.96. The first-order chi connectivity index (χ1) is 14.1. The fraction of sp³-hybridized carbons (Fsp3) is 0.333. The Hall–Kier alpha value is -3.42. The Labute approximate surface area is 169 Å². The Morgan fingerprint density at radius 1 is 1.07 bits per heavy atom. The van der Waals surface area contributed by atoms with Crippen LogP contribution in [0.2, 0.25) is 0 Å². The maximum atomic E-state index is 12.5. The first-order valence-corrected chi connectivity index (χ1v) is 9.50. The Morgan fingerprint density at radius 2 is 1.76 bits per heavy atom. The molecule has 1 saturated heterocycles. The van der Waals surface area contributed by atoms with Gasteiger partial charge in [0.15, 0.2) is 0 Å². The fourth-order valence-corrected chi connectivity index (χ4v) is 3.26. The Kier molecular flexibility index (Phi) is 6.78. The number of benzene rings is 1.